The molecule has 0 radical (unpaired) electrons. The first kappa shape index (κ1) is 66.5. The second-order valence-electron chi connectivity index (χ2n) is 29.4. The maximum absolute atomic E-state index is 13.9. The Morgan fingerprint density at radius 1 is 0.174 bits per heavy atom. The molecule has 0 spiro atoms. The van der Waals surface area contributed by atoms with Crippen molar-refractivity contribution in [1.29, 1.82) is 0 Å². The van der Waals surface area contributed by atoms with Crippen LogP contribution in [-0.2, 0) is 0 Å². The Kier molecular flexibility index (Phi) is 15.9. The van der Waals surface area contributed by atoms with Crippen LogP contribution in [-0.4, -0.2) is 38.2 Å². The van der Waals surface area contributed by atoms with Crippen molar-refractivity contribution < 1.29 is 4.39 Å². The summed E-state index contributed by atoms with van der Waals surface area (Å²) < 4.78 is 23.0. The summed E-state index contributed by atoms with van der Waals surface area (Å²) in [6.07, 6.45) is 0. The highest BCUT2D eigenvalue weighted by Gasteiger charge is 2.23. The average Bonchev–Trinajstić information content (AvgIpc) is 1.60. The predicted molar refractivity (Wildman–Crippen MR) is 474 cm³/mol. The average molecular weight is 1470 g/mol. The third-order valence-electron chi connectivity index (χ3n) is 22.7. The molecule has 6 aromatic heterocycles. The molecular weight excluding hydrogens is 1400 g/mol. The van der Waals surface area contributed by atoms with Gasteiger partial charge in [-0.25, -0.2) is 24.3 Å². The quantitative estimate of drug-likeness (QED) is 0.129. The molecule has 17 aromatic carbocycles. The van der Waals surface area contributed by atoms with Gasteiger partial charge in [0.05, 0.1) is 66.6 Å². The number of para-hydroxylation sites is 6. The van der Waals surface area contributed by atoms with E-state index >= 15 is 0 Å². The van der Waals surface area contributed by atoms with Gasteiger partial charge in [0.1, 0.15) is 5.82 Å². The Morgan fingerprint density at radius 3 is 0.913 bits per heavy atom. The monoisotopic (exact) mass is 1470 g/mol. The molecule has 8 nitrogen and oxygen atoms in total. The van der Waals surface area contributed by atoms with E-state index in [0.29, 0.717) is 11.8 Å². The van der Waals surface area contributed by atoms with Gasteiger partial charge in [0.15, 0.2) is 5.82 Å². The van der Waals surface area contributed by atoms with Gasteiger partial charge in [-0.15, -0.1) is 0 Å². The molecule has 0 aliphatic heterocycles. The van der Waals surface area contributed by atoms with Crippen LogP contribution in [0.5, 0.6) is 0 Å². The molecule has 0 aliphatic carbocycles. The van der Waals surface area contributed by atoms with Gasteiger partial charge < -0.3 is 13.7 Å². The van der Waals surface area contributed by atoms with Gasteiger partial charge in [0.2, 0.25) is 5.95 Å². The summed E-state index contributed by atoms with van der Waals surface area (Å²) in [5.74, 6) is 1.11. The Labute approximate surface area is 661 Å². The minimum atomic E-state index is -0.242. The van der Waals surface area contributed by atoms with E-state index in [9.17, 15) is 4.39 Å². The molecule has 538 valence electrons. The van der Waals surface area contributed by atoms with Crippen LogP contribution in [0.1, 0.15) is 0 Å². The Morgan fingerprint density at radius 2 is 0.452 bits per heavy atom. The third kappa shape index (κ3) is 11.5. The highest BCUT2D eigenvalue weighted by molar-refractivity contribution is 6.16. The summed E-state index contributed by atoms with van der Waals surface area (Å²) in [5, 5.41) is 11.5. The van der Waals surface area contributed by atoms with Crippen molar-refractivity contribution in [2.45, 2.75) is 0 Å². The van der Waals surface area contributed by atoms with Crippen LogP contribution >= 0.6 is 0 Å². The van der Waals surface area contributed by atoms with E-state index in [1.165, 1.54) is 72.5 Å². The smallest absolute Gasteiger partial charge is 0.235 e. The molecule has 23 rings (SSSR count). The number of hydrogen-bond donors (Lipinski definition) is 0. The zero-order valence-electron chi connectivity index (χ0n) is 62.1. The van der Waals surface area contributed by atoms with Crippen molar-refractivity contribution in [3.63, 3.8) is 0 Å². The van der Waals surface area contributed by atoms with Gasteiger partial charge in [-0.05, 0) is 196 Å². The Balaban J connectivity index is 0.000000140. The summed E-state index contributed by atoms with van der Waals surface area (Å²) in [6.45, 7) is 0. The normalized spacial score (nSPS) is 11.7. The van der Waals surface area contributed by atoms with Crippen molar-refractivity contribution in [2.24, 2.45) is 0 Å². The molecule has 0 bridgehead atoms. The summed E-state index contributed by atoms with van der Waals surface area (Å²) in [7, 11) is 0. The van der Waals surface area contributed by atoms with E-state index in [4.69, 9.17) is 19.9 Å². The van der Waals surface area contributed by atoms with E-state index in [1.54, 1.807) is 0 Å². The van der Waals surface area contributed by atoms with Crippen LogP contribution in [0.25, 0.3) is 210 Å². The van der Waals surface area contributed by atoms with Gasteiger partial charge in [-0.3, -0.25) is 4.57 Å². The number of hydrogen-bond acceptors (Lipinski definition) is 4. The first-order valence-electron chi connectivity index (χ1n) is 38.8. The topological polar surface area (TPSA) is 71.3 Å². The van der Waals surface area contributed by atoms with Crippen LogP contribution in [0.4, 0.5) is 4.39 Å². The third-order valence-corrected chi connectivity index (χ3v) is 22.7. The SMILES string of the molecule is Fc1ccc(-n2c3ccccc3c3cc(-c4ccc5c(c4)c4ccccc4n5-c4ccc(-c5nc(-c6ccccc6)c6ccccc6n5)cc4)ccc32)cc1.c1ccc(-c2ccc(-c3nc(-n4c5ccccc5c5cc(-c6ccc7c(c6)c6cc(-c8ccccc8)ccc6n7-c6ccccc6)ccc54)nc4ccccc34)cc2)cc1. The number of rotatable bonds is 11. The number of benzene rings is 17. The maximum atomic E-state index is 13.9. The summed E-state index contributed by atoms with van der Waals surface area (Å²) in [4.78, 5) is 20.7. The summed E-state index contributed by atoms with van der Waals surface area (Å²) in [6, 6.07) is 142. The summed E-state index contributed by atoms with van der Waals surface area (Å²) in [5.41, 5.74) is 28.3. The molecule has 115 heavy (non-hydrogen) atoms. The second-order valence-corrected chi connectivity index (χ2v) is 29.4. The molecule has 0 atom stereocenters. The lowest BCUT2D eigenvalue weighted by atomic mass is 9.99. The zero-order valence-corrected chi connectivity index (χ0v) is 62.1. The number of fused-ring (bicyclic) bond motifs is 14. The van der Waals surface area contributed by atoms with Crippen LogP contribution < -0.4 is 0 Å². The highest BCUT2D eigenvalue weighted by atomic mass is 19.1. The first-order valence-corrected chi connectivity index (χ1v) is 38.8. The zero-order chi connectivity index (χ0) is 76.0. The van der Waals surface area contributed by atoms with Crippen LogP contribution in [0.2, 0.25) is 0 Å². The molecule has 0 unspecified atom stereocenters. The van der Waals surface area contributed by atoms with Crippen LogP contribution in [0.3, 0.4) is 0 Å². The fourth-order valence-electron chi connectivity index (χ4n) is 17.3. The number of halogens is 1. The van der Waals surface area contributed by atoms with Crippen molar-refractivity contribution in [3.05, 3.63) is 412 Å². The fraction of sp³-hybridized carbons (Fsp3) is 0. The maximum Gasteiger partial charge on any atom is 0.235 e. The highest BCUT2D eigenvalue weighted by Crippen LogP contribution is 2.44. The molecule has 0 saturated heterocycles. The fourth-order valence-corrected chi connectivity index (χ4v) is 17.3. The van der Waals surface area contributed by atoms with Crippen LogP contribution in [0, 0.1) is 5.82 Å². The van der Waals surface area contributed by atoms with Gasteiger partial charge in [0.25, 0.3) is 0 Å². The van der Waals surface area contributed by atoms with Crippen LogP contribution in [0.15, 0.2) is 406 Å². The Hall–Kier alpha value is -15.5. The minimum Gasteiger partial charge on any atom is -0.309 e. The standard InChI is InChI=1S/C56H36N4.C50H31FN4/c1-4-14-37(15-5-1)39-24-26-40(27-25-39)55-46-21-10-12-22-50(46)57-56(58-55)60-51-23-13-11-20-45(51)47-35-42(30-33-54(47)60)43-29-32-53-49(36-43)48-34-41(38-16-6-2-7-17-38)28-31-52(48)59(53)44-18-8-3-9-19-44;51-36-22-26-38(27-23-36)55-46-17-9-6-13-40(46)43-31-35(21-29-48(43)55)34-20-28-47-42(30-34)39-12-5-8-16-45(39)54(47)37-24-18-33(19-25-37)50-52-44-15-7-4-14-41(44)49(53-50)32-10-2-1-3-11-32/h1-36H;1-31H. The Bertz CT molecular complexity index is 7740. The predicted octanol–water partition coefficient (Wildman–Crippen LogP) is 27.5. The minimum absolute atomic E-state index is 0.242. The van der Waals surface area contributed by atoms with Gasteiger partial charge in [-0.2, -0.15) is 0 Å². The van der Waals surface area contributed by atoms with Gasteiger partial charge in [0, 0.05) is 87.6 Å². The molecule has 6 heterocycles. The first-order chi connectivity index (χ1) is 56.9. The van der Waals surface area contributed by atoms with E-state index in [1.807, 2.05) is 42.5 Å². The molecular formula is C106H67FN8. The van der Waals surface area contributed by atoms with Gasteiger partial charge >= 0.3 is 0 Å². The number of aromatic nitrogens is 8. The molecule has 9 heteroatoms. The molecule has 23 aromatic rings. The molecule has 0 N–H and O–H groups in total. The molecule has 0 aliphatic rings. The van der Waals surface area contributed by atoms with Crippen molar-refractivity contribution in [1.82, 2.24) is 38.2 Å². The lowest BCUT2D eigenvalue weighted by Crippen LogP contribution is -2.03. The lowest BCUT2D eigenvalue weighted by Gasteiger charge is -2.12. The largest absolute Gasteiger partial charge is 0.309 e. The summed E-state index contributed by atoms with van der Waals surface area (Å²) >= 11 is 0. The van der Waals surface area contributed by atoms with Crippen molar-refractivity contribution in [3.8, 4) is 101 Å². The lowest BCUT2D eigenvalue weighted by molar-refractivity contribution is 0.627. The molecule has 0 saturated carbocycles. The van der Waals surface area contributed by atoms with Gasteiger partial charge in [-0.1, -0.05) is 255 Å². The van der Waals surface area contributed by atoms with E-state index in [0.717, 1.165) is 138 Å². The van der Waals surface area contributed by atoms with E-state index in [-0.39, 0.29) is 5.82 Å². The van der Waals surface area contributed by atoms with Crippen molar-refractivity contribution in [2.75, 3.05) is 0 Å². The second kappa shape index (κ2) is 27.5. The van der Waals surface area contributed by atoms with E-state index in [2.05, 4.69) is 370 Å². The molecule has 0 fully saturated rings. The molecule has 0 amide bonds. The van der Waals surface area contributed by atoms with E-state index < -0.39 is 0 Å². The van der Waals surface area contributed by atoms with Crippen molar-refractivity contribution >= 4 is 109 Å². The number of nitrogens with zero attached hydrogens (tertiary/aromatic N) is 8.